The molecule has 0 aromatic heterocycles. The zero-order valence-corrected chi connectivity index (χ0v) is 9.59. The van der Waals surface area contributed by atoms with Gasteiger partial charge in [0.2, 0.25) is 5.91 Å². The fourth-order valence-electron chi connectivity index (χ4n) is 0.566. The van der Waals surface area contributed by atoms with Gasteiger partial charge in [0.25, 0.3) is 0 Å². The average Bonchev–Trinajstić information content (AvgIpc) is 1.84. The third-order valence-corrected chi connectivity index (χ3v) is 1.07. The van der Waals surface area contributed by atoms with Gasteiger partial charge >= 0.3 is 29.6 Å². The second-order valence-corrected chi connectivity index (χ2v) is 2.35. The number of nitrogens with zero attached hydrogens (tertiary/aromatic N) is 1. The SMILES string of the molecule is C=C(CC(=O)[O-])C(=O)N(C)C.[Na+]. The molecule has 0 fully saturated rings. The van der Waals surface area contributed by atoms with Crippen LogP contribution in [0.25, 0.3) is 0 Å². The molecule has 4 nitrogen and oxygen atoms in total. The van der Waals surface area contributed by atoms with E-state index >= 15 is 0 Å². The molecule has 0 saturated heterocycles. The van der Waals surface area contributed by atoms with Gasteiger partial charge in [0, 0.05) is 32.1 Å². The van der Waals surface area contributed by atoms with Crippen LogP contribution < -0.4 is 34.7 Å². The summed E-state index contributed by atoms with van der Waals surface area (Å²) in [7, 11) is 3.06. The fourth-order valence-corrected chi connectivity index (χ4v) is 0.566. The summed E-state index contributed by atoms with van der Waals surface area (Å²) in [6, 6.07) is 0. The van der Waals surface area contributed by atoms with Crippen molar-refractivity contribution in [2.75, 3.05) is 14.1 Å². The molecule has 0 spiro atoms. The van der Waals surface area contributed by atoms with Crippen LogP contribution in [0.3, 0.4) is 0 Å². The predicted octanol–water partition coefficient (Wildman–Crippen LogP) is -4.23. The maximum Gasteiger partial charge on any atom is 1.00 e. The summed E-state index contributed by atoms with van der Waals surface area (Å²) in [5.41, 5.74) is 0.0370. The van der Waals surface area contributed by atoms with Gasteiger partial charge in [-0.05, 0) is 0 Å². The Hall–Kier alpha value is -0.320. The Morgan fingerprint density at radius 2 is 1.83 bits per heavy atom. The van der Waals surface area contributed by atoms with Gasteiger partial charge < -0.3 is 14.8 Å². The maximum absolute atomic E-state index is 10.9. The smallest absolute Gasteiger partial charge is 0.550 e. The van der Waals surface area contributed by atoms with Gasteiger partial charge in [-0.25, -0.2) is 0 Å². The van der Waals surface area contributed by atoms with E-state index < -0.39 is 12.4 Å². The van der Waals surface area contributed by atoms with E-state index in [2.05, 4.69) is 6.58 Å². The molecule has 0 aromatic carbocycles. The second kappa shape index (κ2) is 6.22. The summed E-state index contributed by atoms with van der Waals surface area (Å²) >= 11 is 0. The first kappa shape index (κ1) is 14.2. The Balaban J connectivity index is 0. The molecule has 0 aliphatic rings. The van der Waals surface area contributed by atoms with Crippen molar-refractivity contribution in [2.45, 2.75) is 6.42 Å². The number of hydrogen-bond donors (Lipinski definition) is 0. The van der Waals surface area contributed by atoms with Crippen LogP contribution in [0.15, 0.2) is 12.2 Å². The van der Waals surface area contributed by atoms with E-state index in [-0.39, 0.29) is 41.0 Å². The van der Waals surface area contributed by atoms with Gasteiger partial charge in [-0.2, -0.15) is 0 Å². The summed E-state index contributed by atoms with van der Waals surface area (Å²) < 4.78 is 0. The van der Waals surface area contributed by atoms with E-state index in [4.69, 9.17) is 0 Å². The molecule has 0 N–H and O–H groups in total. The molecule has 0 saturated carbocycles. The molecule has 0 bridgehead atoms. The van der Waals surface area contributed by atoms with Crippen molar-refractivity contribution in [3.8, 4) is 0 Å². The molecule has 0 aliphatic carbocycles. The van der Waals surface area contributed by atoms with E-state index in [9.17, 15) is 14.7 Å². The number of likely N-dealkylation sites (N-methyl/N-ethyl adjacent to an activating group) is 1. The van der Waals surface area contributed by atoms with E-state index in [0.29, 0.717) is 0 Å². The minimum atomic E-state index is -1.29. The first-order chi connectivity index (χ1) is 4.95. The second-order valence-electron chi connectivity index (χ2n) is 2.35. The van der Waals surface area contributed by atoms with Crippen molar-refractivity contribution < 1.29 is 44.3 Å². The van der Waals surface area contributed by atoms with Gasteiger partial charge in [0.15, 0.2) is 0 Å². The first-order valence-corrected chi connectivity index (χ1v) is 3.04. The number of carbonyl (C=O) groups excluding carboxylic acids is 2. The predicted molar refractivity (Wildman–Crippen MR) is 37.5 cm³/mol. The minimum Gasteiger partial charge on any atom is -0.550 e. The molecule has 5 heteroatoms. The molecule has 12 heavy (non-hydrogen) atoms. The number of carboxylic acids is 1. The van der Waals surface area contributed by atoms with Gasteiger partial charge in [0.05, 0.1) is 0 Å². The van der Waals surface area contributed by atoms with Crippen LogP contribution in [0.5, 0.6) is 0 Å². The summed E-state index contributed by atoms with van der Waals surface area (Å²) in [5, 5.41) is 9.99. The molecule has 0 aliphatic heterocycles. The number of carboxylic acid groups (broad SMARTS) is 1. The number of amides is 1. The Labute approximate surface area is 93.5 Å². The number of hydrogen-bond acceptors (Lipinski definition) is 3. The summed E-state index contributed by atoms with van der Waals surface area (Å²) in [5.74, 6) is -1.67. The summed E-state index contributed by atoms with van der Waals surface area (Å²) in [4.78, 5) is 22.2. The van der Waals surface area contributed by atoms with Gasteiger partial charge in [-0.15, -0.1) is 0 Å². The van der Waals surface area contributed by atoms with Crippen molar-refractivity contribution in [2.24, 2.45) is 0 Å². The maximum atomic E-state index is 10.9. The number of aliphatic carboxylic acids is 1. The third-order valence-electron chi connectivity index (χ3n) is 1.07. The van der Waals surface area contributed by atoms with Crippen molar-refractivity contribution in [3.05, 3.63) is 12.2 Å². The van der Waals surface area contributed by atoms with Crippen molar-refractivity contribution in [3.63, 3.8) is 0 Å². The molecule has 1 amide bonds. The average molecular weight is 179 g/mol. The Bertz CT molecular complexity index is 201. The summed E-state index contributed by atoms with van der Waals surface area (Å²) in [6.45, 7) is 3.30. The molecule has 0 rings (SSSR count). The van der Waals surface area contributed by atoms with Crippen LogP contribution in [-0.4, -0.2) is 30.9 Å². The molecule has 0 aromatic rings. The van der Waals surface area contributed by atoms with Gasteiger partial charge in [-0.1, -0.05) is 6.58 Å². The summed E-state index contributed by atoms with van der Waals surface area (Å²) in [6.07, 6.45) is -0.406. The molecule has 0 heterocycles. The quantitative estimate of drug-likeness (QED) is 0.326. The zero-order valence-electron chi connectivity index (χ0n) is 7.59. The Morgan fingerprint density at radius 1 is 1.42 bits per heavy atom. The fraction of sp³-hybridized carbons (Fsp3) is 0.429. The molecule has 62 valence electrons. The van der Waals surface area contributed by atoms with Crippen LogP contribution in [0.1, 0.15) is 6.42 Å². The Morgan fingerprint density at radius 3 is 2.08 bits per heavy atom. The number of rotatable bonds is 3. The van der Waals surface area contributed by atoms with Gasteiger partial charge in [-0.3, -0.25) is 4.79 Å². The third kappa shape index (κ3) is 5.35. The van der Waals surface area contributed by atoms with Crippen LogP contribution in [0.2, 0.25) is 0 Å². The molecule has 0 atom stereocenters. The van der Waals surface area contributed by atoms with Crippen molar-refractivity contribution in [1.29, 1.82) is 0 Å². The van der Waals surface area contributed by atoms with E-state index in [1.54, 1.807) is 0 Å². The van der Waals surface area contributed by atoms with E-state index in [1.807, 2.05) is 0 Å². The topological polar surface area (TPSA) is 60.4 Å². The van der Waals surface area contributed by atoms with Crippen LogP contribution in [0.4, 0.5) is 0 Å². The normalized spacial score (nSPS) is 8.17. The Kier molecular flexibility index (Phi) is 7.37. The van der Waals surface area contributed by atoms with Crippen molar-refractivity contribution in [1.82, 2.24) is 4.90 Å². The van der Waals surface area contributed by atoms with E-state index in [0.717, 1.165) is 0 Å². The van der Waals surface area contributed by atoms with Crippen LogP contribution in [0, 0.1) is 0 Å². The zero-order chi connectivity index (χ0) is 9.02. The molecular formula is C7H10NNaO3. The van der Waals surface area contributed by atoms with Crippen LogP contribution in [-0.2, 0) is 9.59 Å². The molecule has 0 radical (unpaired) electrons. The molecular weight excluding hydrogens is 169 g/mol. The first-order valence-electron chi connectivity index (χ1n) is 3.04. The van der Waals surface area contributed by atoms with Crippen molar-refractivity contribution >= 4 is 11.9 Å². The largest absolute Gasteiger partial charge is 1.00 e. The monoisotopic (exact) mass is 179 g/mol. The molecule has 0 unspecified atom stereocenters. The van der Waals surface area contributed by atoms with E-state index in [1.165, 1.54) is 19.0 Å². The van der Waals surface area contributed by atoms with Gasteiger partial charge in [0.1, 0.15) is 0 Å². The van der Waals surface area contributed by atoms with Crippen LogP contribution >= 0.6 is 0 Å². The number of carbonyl (C=O) groups is 2. The standard InChI is InChI=1S/C7H11NO3.Na/c1-5(4-6(9)10)7(11)8(2)3;/h1,4H2,2-3H3,(H,9,10);/q;+1/p-1. The minimum absolute atomic E-state index is 0.